The minimum atomic E-state index is -4.79. The molecule has 10 heteroatoms. The van der Waals surface area contributed by atoms with Crippen molar-refractivity contribution in [3.8, 4) is 5.75 Å². The van der Waals surface area contributed by atoms with Crippen LogP contribution in [0.3, 0.4) is 0 Å². The van der Waals surface area contributed by atoms with Gasteiger partial charge in [-0.2, -0.15) is 5.10 Å². The minimum Gasteiger partial charge on any atom is -0.406 e. The van der Waals surface area contributed by atoms with E-state index in [0.717, 1.165) is 17.7 Å². The fourth-order valence-electron chi connectivity index (χ4n) is 3.70. The van der Waals surface area contributed by atoms with E-state index in [1.54, 1.807) is 40.8 Å². The maximum atomic E-state index is 14.8. The number of rotatable bonds is 6. The van der Waals surface area contributed by atoms with E-state index in [1.807, 2.05) is 6.07 Å². The number of benzene rings is 2. The van der Waals surface area contributed by atoms with Crippen LogP contribution in [0.15, 0.2) is 54.6 Å². The zero-order chi connectivity index (χ0) is 25.0. The lowest BCUT2D eigenvalue weighted by atomic mass is 10.1. The Morgan fingerprint density at radius 3 is 2.51 bits per heavy atom. The summed E-state index contributed by atoms with van der Waals surface area (Å²) in [6.45, 7) is 4.27. The Labute approximate surface area is 199 Å². The molecular formula is C25H23F4N3O3. The number of hydrogen-bond acceptors (Lipinski definition) is 4. The Bertz CT molecular complexity index is 1210. The van der Waals surface area contributed by atoms with E-state index < -0.39 is 12.2 Å². The van der Waals surface area contributed by atoms with Gasteiger partial charge < -0.3 is 14.4 Å². The third kappa shape index (κ3) is 6.48. The summed E-state index contributed by atoms with van der Waals surface area (Å²) in [4.78, 5) is 14.5. The molecule has 1 aromatic heterocycles. The zero-order valence-corrected chi connectivity index (χ0v) is 18.9. The smallest absolute Gasteiger partial charge is 0.406 e. The molecule has 2 aromatic carbocycles. The van der Waals surface area contributed by atoms with E-state index in [9.17, 15) is 22.4 Å². The van der Waals surface area contributed by atoms with Gasteiger partial charge in [-0.3, -0.25) is 9.48 Å². The lowest BCUT2D eigenvalue weighted by molar-refractivity contribution is -0.274. The Morgan fingerprint density at radius 1 is 1.11 bits per heavy atom. The van der Waals surface area contributed by atoms with E-state index in [0.29, 0.717) is 49.7 Å². The summed E-state index contributed by atoms with van der Waals surface area (Å²) in [6, 6.07) is 13.7. The number of aromatic nitrogens is 2. The first kappa shape index (κ1) is 24.5. The summed E-state index contributed by atoms with van der Waals surface area (Å²) < 4.78 is 62.4. The van der Waals surface area contributed by atoms with Crippen LogP contribution in [0.2, 0.25) is 0 Å². The highest BCUT2D eigenvalue weighted by Crippen LogP contribution is 2.25. The highest BCUT2D eigenvalue weighted by molar-refractivity contribution is 5.94. The zero-order valence-electron chi connectivity index (χ0n) is 18.9. The summed E-state index contributed by atoms with van der Waals surface area (Å²) in [5.41, 5.74) is 2.57. The molecule has 1 amide bonds. The Kier molecular flexibility index (Phi) is 7.20. The molecule has 0 bridgehead atoms. The molecule has 0 N–H and O–H groups in total. The third-order valence-electron chi connectivity index (χ3n) is 5.44. The van der Waals surface area contributed by atoms with Crippen molar-refractivity contribution in [1.29, 1.82) is 0 Å². The number of alkyl halides is 3. The van der Waals surface area contributed by atoms with Crippen LogP contribution >= 0.6 is 0 Å². The summed E-state index contributed by atoms with van der Waals surface area (Å²) in [5, 5.41) is 4.32. The van der Waals surface area contributed by atoms with Crippen LogP contribution in [-0.4, -0.2) is 53.3 Å². The Morgan fingerprint density at radius 2 is 1.83 bits per heavy atom. The number of carbonyl (C=O) groups is 1. The monoisotopic (exact) mass is 489 g/mol. The van der Waals surface area contributed by atoms with Gasteiger partial charge in [-0.05, 0) is 54.5 Å². The number of amides is 1. The largest absolute Gasteiger partial charge is 0.573 e. The standard InChI is InChI=1S/C25H23F4N3O3/c1-17-13-23(22(26)15-18-5-7-21(8-6-18)35-25(27,28)29)30-32(17)16-19-3-2-4-20(14-19)24(33)31-9-11-34-12-10-31/h2-8,13-15H,9-12,16H2,1H3/b22-15-. The number of carbonyl (C=O) groups excluding carboxylic acids is 1. The minimum absolute atomic E-state index is 0.0614. The molecule has 1 saturated heterocycles. The molecule has 1 fully saturated rings. The van der Waals surface area contributed by atoms with Crippen molar-refractivity contribution in [2.24, 2.45) is 0 Å². The molecule has 0 atom stereocenters. The van der Waals surface area contributed by atoms with Crippen molar-refractivity contribution in [3.05, 3.63) is 82.7 Å². The molecule has 0 aliphatic carbocycles. The van der Waals surface area contributed by atoms with Crippen LogP contribution in [0.25, 0.3) is 11.9 Å². The molecular weight excluding hydrogens is 466 g/mol. The van der Waals surface area contributed by atoms with Crippen molar-refractivity contribution in [2.45, 2.75) is 19.8 Å². The first-order valence-electron chi connectivity index (χ1n) is 10.9. The molecule has 1 aliphatic heterocycles. The molecule has 0 saturated carbocycles. The number of morpholine rings is 1. The molecule has 1 aliphatic rings. The highest BCUT2D eigenvalue weighted by atomic mass is 19.4. The van der Waals surface area contributed by atoms with Gasteiger partial charge in [0.25, 0.3) is 5.91 Å². The van der Waals surface area contributed by atoms with Crippen LogP contribution < -0.4 is 4.74 Å². The van der Waals surface area contributed by atoms with Crippen LogP contribution in [0.4, 0.5) is 17.6 Å². The maximum absolute atomic E-state index is 14.8. The van der Waals surface area contributed by atoms with Gasteiger partial charge >= 0.3 is 6.36 Å². The second-order valence-electron chi connectivity index (χ2n) is 8.04. The Hall–Kier alpha value is -3.66. The number of halogens is 4. The average molecular weight is 489 g/mol. The van der Waals surface area contributed by atoms with Gasteiger partial charge in [-0.15, -0.1) is 13.2 Å². The van der Waals surface area contributed by atoms with Gasteiger partial charge in [0.05, 0.1) is 19.8 Å². The van der Waals surface area contributed by atoms with E-state index >= 15 is 0 Å². The second-order valence-corrected chi connectivity index (χ2v) is 8.04. The quantitative estimate of drug-likeness (QED) is 0.454. The van der Waals surface area contributed by atoms with Crippen LogP contribution in [0.1, 0.15) is 32.9 Å². The molecule has 35 heavy (non-hydrogen) atoms. The summed E-state index contributed by atoms with van der Waals surface area (Å²) in [7, 11) is 0. The summed E-state index contributed by atoms with van der Waals surface area (Å²) >= 11 is 0. The fraction of sp³-hybridized carbons (Fsp3) is 0.280. The molecule has 0 spiro atoms. The van der Waals surface area contributed by atoms with Crippen LogP contribution in [0, 0.1) is 6.92 Å². The second kappa shape index (κ2) is 10.3. The molecule has 6 nitrogen and oxygen atoms in total. The van der Waals surface area contributed by atoms with Crippen molar-refractivity contribution in [2.75, 3.05) is 26.3 Å². The SMILES string of the molecule is Cc1cc(/C(F)=C/c2ccc(OC(F)(F)F)cc2)nn1Cc1cccc(C(=O)N2CCOCC2)c1. The highest BCUT2D eigenvalue weighted by Gasteiger charge is 2.31. The van der Waals surface area contributed by atoms with Crippen molar-refractivity contribution in [3.63, 3.8) is 0 Å². The lowest BCUT2D eigenvalue weighted by Gasteiger charge is -2.27. The van der Waals surface area contributed by atoms with E-state index in [-0.39, 0.29) is 17.4 Å². The number of ether oxygens (including phenoxy) is 2. The first-order chi connectivity index (χ1) is 16.7. The molecule has 0 radical (unpaired) electrons. The van der Waals surface area contributed by atoms with Crippen molar-refractivity contribution >= 4 is 17.8 Å². The van der Waals surface area contributed by atoms with Gasteiger partial charge in [-0.25, -0.2) is 4.39 Å². The van der Waals surface area contributed by atoms with Crippen LogP contribution in [-0.2, 0) is 11.3 Å². The van der Waals surface area contributed by atoms with Gasteiger partial charge in [-0.1, -0.05) is 24.3 Å². The predicted molar refractivity (Wildman–Crippen MR) is 121 cm³/mol. The topological polar surface area (TPSA) is 56.6 Å². The molecule has 184 valence electrons. The number of hydrogen-bond donors (Lipinski definition) is 0. The van der Waals surface area contributed by atoms with Crippen molar-refractivity contribution in [1.82, 2.24) is 14.7 Å². The Balaban J connectivity index is 1.46. The van der Waals surface area contributed by atoms with Crippen LogP contribution in [0.5, 0.6) is 5.75 Å². The third-order valence-corrected chi connectivity index (χ3v) is 5.44. The van der Waals surface area contributed by atoms with Gasteiger partial charge in [0.2, 0.25) is 0 Å². The van der Waals surface area contributed by atoms with E-state index in [2.05, 4.69) is 9.84 Å². The fourth-order valence-corrected chi connectivity index (χ4v) is 3.70. The average Bonchev–Trinajstić information content (AvgIpc) is 3.20. The molecule has 2 heterocycles. The number of nitrogens with zero attached hydrogens (tertiary/aromatic N) is 3. The van der Waals surface area contributed by atoms with Gasteiger partial charge in [0.15, 0.2) is 5.83 Å². The van der Waals surface area contributed by atoms with Gasteiger partial charge in [0.1, 0.15) is 11.4 Å². The first-order valence-corrected chi connectivity index (χ1v) is 10.9. The maximum Gasteiger partial charge on any atom is 0.573 e. The molecule has 0 unspecified atom stereocenters. The summed E-state index contributed by atoms with van der Waals surface area (Å²) in [5.74, 6) is -1.08. The predicted octanol–water partition coefficient (Wildman–Crippen LogP) is 5.08. The molecule has 4 rings (SSSR count). The number of aryl methyl sites for hydroxylation is 1. The van der Waals surface area contributed by atoms with Gasteiger partial charge in [0, 0.05) is 24.3 Å². The van der Waals surface area contributed by atoms with E-state index in [4.69, 9.17) is 4.74 Å². The van der Waals surface area contributed by atoms with Crippen molar-refractivity contribution < 1.29 is 31.8 Å². The van der Waals surface area contributed by atoms with E-state index in [1.165, 1.54) is 18.2 Å². The summed E-state index contributed by atoms with van der Waals surface area (Å²) in [6.07, 6.45) is -3.60. The molecule has 3 aromatic rings. The lowest BCUT2D eigenvalue weighted by Crippen LogP contribution is -2.40. The normalized spacial score (nSPS) is 14.8.